The number of aliphatic hydroxyl groups is 1. The van der Waals surface area contributed by atoms with E-state index in [0.29, 0.717) is 6.54 Å². The number of rotatable bonds is 13. The lowest BCUT2D eigenvalue weighted by molar-refractivity contribution is 0.0744. The molecule has 1 heterocycles. The summed E-state index contributed by atoms with van der Waals surface area (Å²) in [5.74, 6) is 0.780. The summed E-state index contributed by atoms with van der Waals surface area (Å²) in [7, 11) is 2.01. The van der Waals surface area contributed by atoms with Gasteiger partial charge in [0.05, 0.1) is 0 Å². The molecular weight excluding hydrogens is 376 g/mol. The molecule has 0 aliphatic carbocycles. The molecule has 6 heteroatoms. The van der Waals surface area contributed by atoms with E-state index in [0.717, 1.165) is 38.3 Å². The molecule has 30 heavy (non-hydrogen) atoms. The first kappa shape index (κ1) is 22.0. The molecule has 0 unspecified atom stereocenters. The second-order valence-electron chi connectivity index (χ2n) is 7.59. The van der Waals surface area contributed by atoms with Crippen LogP contribution in [-0.2, 0) is 19.6 Å². The van der Waals surface area contributed by atoms with Crippen LogP contribution < -0.4 is 10.1 Å². The van der Waals surface area contributed by atoms with E-state index in [1.54, 1.807) is 6.20 Å². The van der Waals surface area contributed by atoms with Crippen LogP contribution in [-0.4, -0.2) is 52.6 Å². The van der Waals surface area contributed by atoms with Crippen LogP contribution in [0.25, 0.3) is 0 Å². The van der Waals surface area contributed by atoms with Crippen LogP contribution in [0.2, 0.25) is 0 Å². The van der Waals surface area contributed by atoms with E-state index in [-0.39, 0.29) is 6.61 Å². The average Bonchev–Trinajstić information content (AvgIpc) is 3.27. The van der Waals surface area contributed by atoms with Crippen molar-refractivity contribution in [2.75, 3.05) is 26.7 Å². The van der Waals surface area contributed by atoms with Gasteiger partial charge in [0.25, 0.3) is 0 Å². The first-order valence-electron chi connectivity index (χ1n) is 10.5. The maximum Gasteiger partial charge on any atom is 0.119 e. The maximum absolute atomic E-state index is 10.3. The van der Waals surface area contributed by atoms with Crippen LogP contribution in [0.1, 0.15) is 17.5 Å². The SMILES string of the molecule is CN(Cc1ccccc1)C[C@@H](O)COc1ccc(CNCCCn2cccn2)cc1. The van der Waals surface area contributed by atoms with Gasteiger partial charge in [0, 0.05) is 38.6 Å². The molecule has 1 atom stereocenters. The van der Waals surface area contributed by atoms with E-state index >= 15 is 0 Å². The first-order chi connectivity index (χ1) is 14.7. The van der Waals surface area contributed by atoms with Gasteiger partial charge in [-0.15, -0.1) is 0 Å². The predicted octanol–water partition coefficient (Wildman–Crippen LogP) is 2.93. The van der Waals surface area contributed by atoms with Crippen molar-refractivity contribution in [3.8, 4) is 5.75 Å². The van der Waals surface area contributed by atoms with E-state index in [4.69, 9.17) is 4.74 Å². The molecule has 0 fully saturated rings. The smallest absolute Gasteiger partial charge is 0.119 e. The largest absolute Gasteiger partial charge is 0.491 e. The maximum atomic E-state index is 10.3. The summed E-state index contributed by atoms with van der Waals surface area (Å²) in [6.45, 7) is 4.35. The van der Waals surface area contributed by atoms with Gasteiger partial charge in [0.1, 0.15) is 18.5 Å². The van der Waals surface area contributed by atoms with Crippen molar-refractivity contribution in [2.45, 2.75) is 32.2 Å². The minimum absolute atomic E-state index is 0.282. The monoisotopic (exact) mass is 408 g/mol. The Kier molecular flexibility index (Phi) is 8.90. The lowest BCUT2D eigenvalue weighted by Gasteiger charge is -2.21. The Balaban J connectivity index is 1.29. The second kappa shape index (κ2) is 12.1. The lowest BCUT2D eigenvalue weighted by atomic mass is 10.2. The minimum Gasteiger partial charge on any atom is -0.491 e. The van der Waals surface area contributed by atoms with E-state index in [9.17, 15) is 5.11 Å². The summed E-state index contributed by atoms with van der Waals surface area (Å²) >= 11 is 0. The number of benzene rings is 2. The normalized spacial score (nSPS) is 12.2. The fourth-order valence-electron chi connectivity index (χ4n) is 3.30. The zero-order valence-electron chi connectivity index (χ0n) is 17.7. The number of hydrogen-bond acceptors (Lipinski definition) is 5. The standard InChI is InChI=1S/C24H32N4O2/c1-27(18-22-7-3-2-4-8-22)19-23(29)20-30-24-11-9-21(10-12-24)17-25-13-5-15-28-16-6-14-26-28/h2-4,6-12,14,16,23,25,29H,5,13,15,17-20H2,1H3/t23-/m1/s1. The Morgan fingerprint density at radius 3 is 2.60 bits per heavy atom. The molecule has 1 aromatic heterocycles. The van der Waals surface area contributed by atoms with Crippen molar-refractivity contribution < 1.29 is 9.84 Å². The molecule has 0 spiro atoms. The van der Waals surface area contributed by atoms with Crippen LogP contribution in [0.5, 0.6) is 5.75 Å². The lowest BCUT2D eigenvalue weighted by Crippen LogP contribution is -2.32. The number of aromatic nitrogens is 2. The Morgan fingerprint density at radius 2 is 1.87 bits per heavy atom. The molecule has 0 saturated heterocycles. The Hall–Kier alpha value is -2.67. The minimum atomic E-state index is -0.533. The molecule has 3 aromatic rings. The van der Waals surface area contributed by atoms with Gasteiger partial charge in [-0.1, -0.05) is 42.5 Å². The van der Waals surface area contributed by atoms with E-state index in [2.05, 4.69) is 39.6 Å². The van der Waals surface area contributed by atoms with E-state index in [1.807, 2.05) is 54.3 Å². The first-order valence-corrected chi connectivity index (χ1v) is 10.5. The van der Waals surface area contributed by atoms with Crippen molar-refractivity contribution in [3.63, 3.8) is 0 Å². The van der Waals surface area contributed by atoms with Gasteiger partial charge in [0.2, 0.25) is 0 Å². The third-order valence-corrected chi connectivity index (χ3v) is 4.81. The Labute approximate surface area is 179 Å². The van der Waals surface area contributed by atoms with Crippen LogP contribution in [0.3, 0.4) is 0 Å². The van der Waals surface area contributed by atoms with Crippen LogP contribution >= 0.6 is 0 Å². The van der Waals surface area contributed by atoms with Crippen molar-refractivity contribution in [2.24, 2.45) is 0 Å². The van der Waals surface area contributed by atoms with Crippen molar-refractivity contribution in [1.82, 2.24) is 20.0 Å². The van der Waals surface area contributed by atoms with Gasteiger partial charge < -0.3 is 15.2 Å². The highest BCUT2D eigenvalue weighted by atomic mass is 16.5. The molecule has 2 N–H and O–H groups in total. The third-order valence-electron chi connectivity index (χ3n) is 4.81. The van der Waals surface area contributed by atoms with Gasteiger partial charge in [0.15, 0.2) is 0 Å². The topological polar surface area (TPSA) is 62.6 Å². The van der Waals surface area contributed by atoms with Gasteiger partial charge in [-0.3, -0.25) is 9.58 Å². The van der Waals surface area contributed by atoms with Gasteiger partial charge in [-0.05, 0) is 49.3 Å². The van der Waals surface area contributed by atoms with Crippen LogP contribution in [0.15, 0.2) is 73.1 Å². The molecular formula is C24H32N4O2. The predicted molar refractivity (Wildman–Crippen MR) is 119 cm³/mol. The van der Waals surface area contributed by atoms with Crippen molar-refractivity contribution in [1.29, 1.82) is 0 Å². The Bertz CT molecular complexity index is 822. The fraction of sp³-hybridized carbons (Fsp3) is 0.375. The Morgan fingerprint density at radius 1 is 1.07 bits per heavy atom. The number of hydrogen-bond donors (Lipinski definition) is 2. The summed E-state index contributed by atoms with van der Waals surface area (Å²) in [4.78, 5) is 2.10. The molecule has 0 saturated carbocycles. The summed E-state index contributed by atoms with van der Waals surface area (Å²) in [6, 6.07) is 20.2. The number of likely N-dealkylation sites (N-methyl/N-ethyl adjacent to an activating group) is 1. The highest BCUT2D eigenvalue weighted by Crippen LogP contribution is 2.13. The fourth-order valence-corrected chi connectivity index (χ4v) is 3.30. The number of aliphatic hydroxyl groups excluding tert-OH is 1. The van der Waals surface area contributed by atoms with Crippen molar-refractivity contribution in [3.05, 3.63) is 84.2 Å². The average molecular weight is 409 g/mol. The quantitative estimate of drug-likeness (QED) is 0.426. The van der Waals surface area contributed by atoms with Gasteiger partial charge >= 0.3 is 0 Å². The number of ether oxygens (including phenoxy) is 1. The van der Waals surface area contributed by atoms with Crippen LogP contribution in [0.4, 0.5) is 0 Å². The highest BCUT2D eigenvalue weighted by molar-refractivity contribution is 5.27. The molecule has 2 aromatic carbocycles. The molecule has 0 aliphatic rings. The summed E-state index contributed by atoms with van der Waals surface area (Å²) in [5, 5.41) is 17.9. The van der Waals surface area contributed by atoms with E-state index < -0.39 is 6.10 Å². The molecule has 0 aliphatic heterocycles. The van der Waals surface area contributed by atoms with Gasteiger partial charge in [-0.2, -0.15) is 5.10 Å². The molecule has 0 amide bonds. The molecule has 160 valence electrons. The number of nitrogens with zero attached hydrogens (tertiary/aromatic N) is 3. The number of aryl methyl sites for hydroxylation is 1. The zero-order valence-corrected chi connectivity index (χ0v) is 17.7. The summed E-state index contributed by atoms with van der Waals surface area (Å²) in [5.41, 5.74) is 2.45. The van der Waals surface area contributed by atoms with Crippen molar-refractivity contribution >= 4 is 0 Å². The van der Waals surface area contributed by atoms with Crippen LogP contribution in [0, 0.1) is 0 Å². The second-order valence-corrected chi connectivity index (χ2v) is 7.59. The summed E-state index contributed by atoms with van der Waals surface area (Å²) < 4.78 is 7.70. The van der Waals surface area contributed by atoms with E-state index in [1.165, 1.54) is 11.1 Å². The summed E-state index contributed by atoms with van der Waals surface area (Å²) in [6.07, 6.45) is 4.30. The number of nitrogens with one attached hydrogen (secondary N) is 1. The van der Waals surface area contributed by atoms with Gasteiger partial charge in [-0.25, -0.2) is 0 Å². The highest BCUT2D eigenvalue weighted by Gasteiger charge is 2.10. The molecule has 3 rings (SSSR count). The zero-order chi connectivity index (χ0) is 21.0. The molecule has 6 nitrogen and oxygen atoms in total. The molecule has 0 radical (unpaired) electrons. The molecule has 0 bridgehead atoms. The third kappa shape index (κ3) is 7.99.